The summed E-state index contributed by atoms with van der Waals surface area (Å²) in [4.78, 5) is 1.17. The van der Waals surface area contributed by atoms with Gasteiger partial charge in [-0.2, -0.15) is 0 Å². The van der Waals surface area contributed by atoms with E-state index < -0.39 is 0 Å². The molecule has 0 aliphatic heterocycles. The van der Waals surface area contributed by atoms with Crippen molar-refractivity contribution in [3.05, 3.63) is 0 Å². The van der Waals surface area contributed by atoms with E-state index in [-0.39, 0.29) is 17.8 Å². The third-order valence-electron chi connectivity index (χ3n) is 8.02. The van der Waals surface area contributed by atoms with Crippen molar-refractivity contribution in [2.75, 3.05) is 0 Å². The zero-order chi connectivity index (χ0) is 29.4. The number of thiocarbonyl (C=S) groups is 2. The molecule has 0 aliphatic carbocycles. The van der Waals surface area contributed by atoms with E-state index in [1.807, 2.05) is 0 Å². The second kappa shape index (κ2) is 36.8. The molecule has 0 heterocycles. The molecule has 0 rings (SSSR count). The highest BCUT2D eigenvalue weighted by Gasteiger charge is 2.09. The number of hydrogen-bond donors (Lipinski definition) is 1. The standard InChI is InChI=1S/C35H69NOS3.ClH/c1-3-5-7-9-11-13-15-17-19-21-23-25-27-29-33(38)31-32-34(36)40-37-35(39)30-28-26-24-22-20-18-16-14-12-10-8-6-4-2;/h34H,3-32,36H2,1-2H3;1H. The lowest BCUT2D eigenvalue weighted by molar-refractivity contribution is 0.537. The van der Waals surface area contributed by atoms with Crippen LogP contribution in [0.4, 0.5) is 0 Å². The molecule has 246 valence electrons. The third kappa shape index (κ3) is 36.7. The highest BCUT2D eigenvalue weighted by atomic mass is 35.5. The fraction of sp³-hybridized carbons (Fsp3) is 0.943. The molecule has 1 atom stereocenters. The Morgan fingerprint density at radius 1 is 0.512 bits per heavy atom. The quantitative estimate of drug-likeness (QED) is 0.0330. The van der Waals surface area contributed by atoms with Gasteiger partial charge in [0.1, 0.15) is 0 Å². The number of unbranched alkanes of at least 4 members (excludes halogenated alkanes) is 24. The van der Waals surface area contributed by atoms with Crippen molar-refractivity contribution >= 4 is 58.8 Å². The maximum atomic E-state index is 6.24. The Balaban J connectivity index is 0. The van der Waals surface area contributed by atoms with E-state index in [1.165, 1.54) is 177 Å². The molecule has 2 nitrogen and oxygen atoms in total. The van der Waals surface area contributed by atoms with Crippen LogP contribution in [0.25, 0.3) is 0 Å². The van der Waals surface area contributed by atoms with Crippen molar-refractivity contribution < 1.29 is 4.18 Å². The minimum Gasteiger partial charge on any atom is -0.417 e. The molecule has 0 saturated carbocycles. The van der Waals surface area contributed by atoms with Gasteiger partial charge in [0.05, 0.1) is 17.4 Å². The normalized spacial score (nSPS) is 11.8. The lowest BCUT2D eigenvalue weighted by Crippen LogP contribution is -2.18. The highest BCUT2D eigenvalue weighted by Crippen LogP contribution is 2.19. The Kier molecular flexibility index (Phi) is 39.2. The van der Waals surface area contributed by atoms with Gasteiger partial charge in [0.25, 0.3) is 0 Å². The van der Waals surface area contributed by atoms with Crippen LogP contribution in [0.5, 0.6) is 0 Å². The Hall–Kier alpha value is 0.580. The molecule has 0 saturated heterocycles. The van der Waals surface area contributed by atoms with Gasteiger partial charge in [-0.05, 0) is 49.2 Å². The van der Waals surface area contributed by atoms with E-state index in [9.17, 15) is 0 Å². The molecule has 0 aliphatic rings. The second-order valence-corrected chi connectivity index (χ2v) is 14.1. The summed E-state index contributed by atoms with van der Waals surface area (Å²) in [5.74, 6) is 0. The minimum absolute atomic E-state index is 0. The molecule has 0 aromatic heterocycles. The number of halogens is 1. The average Bonchev–Trinajstić information content (AvgIpc) is 2.95. The molecule has 41 heavy (non-hydrogen) atoms. The summed E-state index contributed by atoms with van der Waals surface area (Å²) in [7, 11) is 0. The van der Waals surface area contributed by atoms with Crippen LogP contribution in [-0.4, -0.2) is 15.3 Å². The molecule has 0 aromatic rings. The molecule has 0 amide bonds. The average molecular weight is 653 g/mol. The highest BCUT2D eigenvalue weighted by molar-refractivity contribution is 7.96. The van der Waals surface area contributed by atoms with E-state index in [0.29, 0.717) is 5.05 Å². The molecule has 0 fully saturated rings. The Morgan fingerprint density at radius 2 is 0.829 bits per heavy atom. The fourth-order valence-corrected chi connectivity index (χ4v) is 6.31. The summed E-state index contributed by atoms with van der Waals surface area (Å²) in [5, 5.41) is 0.660. The second-order valence-electron chi connectivity index (χ2n) is 12.2. The molecular formula is C35H70ClNOS3. The maximum absolute atomic E-state index is 6.24. The van der Waals surface area contributed by atoms with E-state index in [1.54, 1.807) is 0 Å². The predicted molar refractivity (Wildman–Crippen MR) is 199 cm³/mol. The van der Waals surface area contributed by atoms with Gasteiger partial charge in [0.2, 0.25) is 0 Å². The minimum atomic E-state index is -0.0470. The molecule has 0 aromatic carbocycles. The van der Waals surface area contributed by atoms with E-state index >= 15 is 0 Å². The topological polar surface area (TPSA) is 35.2 Å². The van der Waals surface area contributed by atoms with E-state index in [4.69, 9.17) is 34.4 Å². The molecular weight excluding hydrogens is 582 g/mol. The SMILES string of the molecule is CCCCCCCCCCCCCCCC(=S)CCC(N)SOC(=S)CCCCCCCCCCCCCCC.Cl. The van der Waals surface area contributed by atoms with Crippen LogP contribution in [0, 0.1) is 0 Å². The zero-order valence-corrected chi connectivity index (χ0v) is 30.7. The van der Waals surface area contributed by atoms with Crippen LogP contribution < -0.4 is 5.73 Å². The van der Waals surface area contributed by atoms with Gasteiger partial charge < -0.3 is 9.92 Å². The maximum Gasteiger partial charge on any atom is 0.177 e. The largest absolute Gasteiger partial charge is 0.417 e. The van der Waals surface area contributed by atoms with Crippen LogP contribution in [0.2, 0.25) is 0 Å². The number of rotatable bonds is 33. The van der Waals surface area contributed by atoms with Gasteiger partial charge >= 0.3 is 0 Å². The van der Waals surface area contributed by atoms with Crippen molar-refractivity contribution in [1.82, 2.24) is 0 Å². The summed E-state index contributed by atoms with van der Waals surface area (Å²) in [6.07, 6.45) is 39.6. The Bertz CT molecular complexity index is 504. The van der Waals surface area contributed by atoms with Crippen molar-refractivity contribution in [3.63, 3.8) is 0 Å². The fourth-order valence-electron chi connectivity index (χ4n) is 5.26. The van der Waals surface area contributed by atoms with Crippen LogP contribution >= 0.6 is 48.9 Å². The van der Waals surface area contributed by atoms with Gasteiger partial charge in [-0.25, -0.2) is 0 Å². The van der Waals surface area contributed by atoms with Crippen LogP contribution in [0.1, 0.15) is 206 Å². The van der Waals surface area contributed by atoms with Gasteiger partial charge in [-0.3, -0.25) is 0 Å². The van der Waals surface area contributed by atoms with Crippen molar-refractivity contribution in [3.8, 4) is 0 Å². The van der Waals surface area contributed by atoms with Gasteiger partial charge in [0.15, 0.2) is 5.05 Å². The zero-order valence-electron chi connectivity index (χ0n) is 27.4. The van der Waals surface area contributed by atoms with E-state index in [0.717, 1.165) is 32.1 Å². The molecule has 2 N–H and O–H groups in total. The molecule has 0 bridgehead atoms. The molecule has 1 unspecified atom stereocenters. The number of hydrogen-bond acceptors (Lipinski definition) is 5. The first-order valence-electron chi connectivity index (χ1n) is 17.7. The van der Waals surface area contributed by atoms with Gasteiger partial charge in [0, 0.05) is 6.42 Å². The smallest absolute Gasteiger partial charge is 0.177 e. The summed E-state index contributed by atoms with van der Waals surface area (Å²) in [6, 6.07) is 0. The molecule has 0 spiro atoms. The van der Waals surface area contributed by atoms with Crippen LogP contribution in [0.3, 0.4) is 0 Å². The first kappa shape index (κ1) is 43.7. The molecule has 0 radical (unpaired) electrons. The van der Waals surface area contributed by atoms with E-state index in [2.05, 4.69) is 13.8 Å². The lowest BCUT2D eigenvalue weighted by Gasteiger charge is -2.12. The summed E-state index contributed by atoms with van der Waals surface area (Å²) < 4.78 is 5.71. The molecule has 6 heteroatoms. The summed E-state index contributed by atoms with van der Waals surface area (Å²) in [6.45, 7) is 4.58. The van der Waals surface area contributed by atoms with Crippen molar-refractivity contribution in [2.24, 2.45) is 5.73 Å². The first-order valence-corrected chi connectivity index (χ1v) is 19.4. The predicted octanol–water partition coefficient (Wildman–Crippen LogP) is 13.8. The van der Waals surface area contributed by atoms with Gasteiger partial charge in [-0.1, -0.05) is 180 Å². The third-order valence-corrected chi connectivity index (χ3v) is 9.60. The Labute approximate surface area is 279 Å². The van der Waals surface area contributed by atoms with Crippen LogP contribution in [-0.2, 0) is 4.18 Å². The monoisotopic (exact) mass is 651 g/mol. The van der Waals surface area contributed by atoms with Crippen molar-refractivity contribution in [2.45, 2.75) is 212 Å². The first-order chi connectivity index (χ1) is 19.6. The van der Waals surface area contributed by atoms with Crippen molar-refractivity contribution in [1.29, 1.82) is 0 Å². The van der Waals surface area contributed by atoms with Crippen LogP contribution in [0.15, 0.2) is 0 Å². The summed E-state index contributed by atoms with van der Waals surface area (Å²) in [5.41, 5.74) is 6.24. The summed E-state index contributed by atoms with van der Waals surface area (Å²) >= 11 is 12.4. The Morgan fingerprint density at radius 3 is 1.20 bits per heavy atom. The lowest BCUT2D eigenvalue weighted by atomic mass is 10.0. The van der Waals surface area contributed by atoms with Gasteiger partial charge in [-0.15, -0.1) is 12.4 Å². The number of nitrogens with two attached hydrogens (primary N) is 1.